The molecule has 3 N–H and O–H groups in total. The number of carbonyl (C=O) groups excluding carboxylic acids is 2. The highest BCUT2D eigenvalue weighted by Gasteiger charge is 2.25. The van der Waals surface area contributed by atoms with Crippen LogP contribution in [0.4, 0.5) is 0 Å². The Morgan fingerprint density at radius 2 is 2.08 bits per heavy atom. The fourth-order valence-corrected chi connectivity index (χ4v) is 3.40. The minimum atomic E-state index is -0.0131. The predicted octanol–water partition coefficient (Wildman–Crippen LogP) is 0.141. The molecule has 0 spiro atoms. The molecule has 0 bridgehead atoms. The number of amides is 2. The molecule has 2 amide bonds. The van der Waals surface area contributed by atoms with Crippen molar-refractivity contribution in [3.63, 3.8) is 0 Å². The van der Waals surface area contributed by atoms with E-state index in [1.807, 2.05) is 6.92 Å². The lowest BCUT2D eigenvalue weighted by atomic mass is 9.98. The average molecular weight is 377 g/mol. The Morgan fingerprint density at radius 3 is 2.80 bits per heavy atom. The SMILES string of the molecule is CCOCCNC(=O)CN1CCCC(CNC(=O)C2CCCN2)C1.Cl. The molecule has 2 aliphatic rings. The van der Waals surface area contributed by atoms with Crippen molar-refractivity contribution in [3.8, 4) is 0 Å². The third-order valence-electron chi connectivity index (χ3n) is 4.68. The number of carbonyl (C=O) groups is 2. The molecule has 7 nitrogen and oxygen atoms in total. The molecule has 0 saturated carbocycles. The van der Waals surface area contributed by atoms with Gasteiger partial charge in [0.2, 0.25) is 11.8 Å². The van der Waals surface area contributed by atoms with Gasteiger partial charge in [-0.2, -0.15) is 0 Å². The molecule has 0 radical (unpaired) electrons. The number of rotatable bonds is 9. The number of nitrogens with one attached hydrogen (secondary N) is 3. The van der Waals surface area contributed by atoms with Crippen LogP contribution in [0.2, 0.25) is 0 Å². The van der Waals surface area contributed by atoms with E-state index in [1.54, 1.807) is 0 Å². The molecule has 2 aliphatic heterocycles. The van der Waals surface area contributed by atoms with E-state index >= 15 is 0 Å². The van der Waals surface area contributed by atoms with Crippen molar-refractivity contribution in [2.45, 2.75) is 38.6 Å². The molecule has 0 aromatic heterocycles. The monoisotopic (exact) mass is 376 g/mol. The topological polar surface area (TPSA) is 82.7 Å². The summed E-state index contributed by atoms with van der Waals surface area (Å²) in [5.41, 5.74) is 0. The molecule has 2 rings (SSSR count). The van der Waals surface area contributed by atoms with Crippen molar-refractivity contribution in [2.75, 3.05) is 52.5 Å². The standard InChI is InChI=1S/C17H32N4O3.ClH/c1-2-24-10-8-19-16(22)13-21-9-4-5-14(12-21)11-20-17(23)15-6-3-7-18-15;/h14-15,18H,2-13H2,1H3,(H,19,22)(H,20,23);1H. The van der Waals surface area contributed by atoms with Gasteiger partial charge >= 0.3 is 0 Å². The highest BCUT2D eigenvalue weighted by atomic mass is 35.5. The molecular weight excluding hydrogens is 344 g/mol. The largest absolute Gasteiger partial charge is 0.380 e. The summed E-state index contributed by atoms with van der Waals surface area (Å²) in [5.74, 6) is 0.605. The maximum absolute atomic E-state index is 12.1. The number of halogens is 1. The van der Waals surface area contributed by atoms with Gasteiger partial charge in [-0.1, -0.05) is 0 Å². The third-order valence-corrected chi connectivity index (χ3v) is 4.68. The first-order chi connectivity index (χ1) is 11.7. The van der Waals surface area contributed by atoms with Crippen LogP contribution in [0.25, 0.3) is 0 Å². The van der Waals surface area contributed by atoms with Crippen LogP contribution in [-0.4, -0.2) is 75.2 Å². The van der Waals surface area contributed by atoms with Crippen LogP contribution in [0.15, 0.2) is 0 Å². The first kappa shape index (κ1) is 22.2. The van der Waals surface area contributed by atoms with E-state index in [2.05, 4.69) is 20.9 Å². The summed E-state index contributed by atoms with van der Waals surface area (Å²) in [6, 6.07) is -0.0131. The van der Waals surface area contributed by atoms with E-state index in [9.17, 15) is 9.59 Å². The Morgan fingerprint density at radius 1 is 1.24 bits per heavy atom. The van der Waals surface area contributed by atoms with Gasteiger partial charge < -0.3 is 20.7 Å². The Bertz CT molecular complexity index is 405. The number of nitrogens with zero attached hydrogens (tertiary/aromatic N) is 1. The summed E-state index contributed by atoms with van der Waals surface area (Å²) < 4.78 is 5.21. The molecule has 2 saturated heterocycles. The average Bonchev–Trinajstić information content (AvgIpc) is 3.12. The minimum absolute atomic E-state index is 0. The van der Waals surface area contributed by atoms with Crippen molar-refractivity contribution in [1.82, 2.24) is 20.9 Å². The van der Waals surface area contributed by atoms with Crippen molar-refractivity contribution < 1.29 is 14.3 Å². The zero-order chi connectivity index (χ0) is 17.2. The lowest BCUT2D eigenvalue weighted by Crippen LogP contribution is -2.47. The Hall–Kier alpha value is -0.890. The summed E-state index contributed by atoms with van der Waals surface area (Å²) >= 11 is 0. The van der Waals surface area contributed by atoms with Crippen LogP contribution < -0.4 is 16.0 Å². The molecule has 2 fully saturated rings. The van der Waals surface area contributed by atoms with Crippen molar-refractivity contribution >= 4 is 24.2 Å². The van der Waals surface area contributed by atoms with E-state index in [4.69, 9.17) is 4.74 Å². The molecule has 8 heteroatoms. The number of piperidine rings is 1. The zero-order valence-corrected chi connectivity index (χ0v) is 16.0. The predicted molar refractivity (Wildman–Crippen MR) is 99.9 cm³/mol. The van der Waals surface area contributed by atoms with Crippen LogP contribution in [0.5, 0.6) is 0 Å². The van der Waals surface area contributed by atoms with Gasteiger partial charge in [0.25, 0.3) is 0 Å². The number of likely N-dealkylation sites (tertiary alicyclic amines) is 1. The summed E-state index contributed by atoms with van der Waals surface area (Å²) in [7, 11) is 0. The second kappa shape index (κ2) is 12.5. The Balaban J connectivity index is 0.00000312. The summed E-state index contributed by atoms with van der Waals surface area (Å²) in [4.78, 5) is 26.2. The Labute approximate surface area is 157 Å². The fourth-order valence-electron chi connectivity index (χ4n) is 3.40. The van der Waals surface area contributed by atoms with Gasteiger partial charge in [-0.15, -0.1) is 12.4 Å². The van der Waals surface area contributed by atoms with Gasteiger partial charge in [-0.3, -0.25) is 14.5 Å². The quantitative estimate of drug-likeness (QED) is 0.499. The zero-order valence-electron chi connectivity index (χ0n) is 15.2. The highest BCUT2D eigenvalue weighted by molar-refractivity contribution is 5.85. The number of ether oxygens (including phenoxy) is 1. The van der Waals surface area contributed by atoms with Crippen LogP contribution in [-0.2, 0) is 14.3 Å². The van der Waals surface area contributed by atoms with E-state index in [1.165, 1.54) is 0 Å². The fraction of sp³-hybridized carbons (Fsp3) is 0.882. The van der Waals surface area contributed by atoms with Gasteiger partial charge in [0.1, 0.15) is 0 Å². The summed E-state index contributed by atoms with van der Waals surface area (Å²) in [6.45, 7) is 7.64. The molecule has 2 heterocycles. The Kier molecular flexibility index (Phi) is 11.0. The van der Waals surface area contributed by atoms with Crippen LogP contribution in [0.1, 0.15) is 32.6 Å². The molecule has 2 unspecified atom stereocenters. The van der Waals surface area contributed by atoms with Gasteiger partial charge in [0, 0.05) is 26.2 Å². The molecular formula is C17H33ClN4O3. The molecule has 0 aliphatic carbocycles. The van der Waals surface area contributed by atoms with Crippen molar-refractivity contribution in [2.24, 2.45) is 5.92 Å². The summed E-state index contributed by atoms with van der Waals surface area (Å²) in [5, 5.41) is 9.18. The van der Waals surface area contributed by atoms with E-state index in [0.717, 1.165) is 45.3 Å². The van der Waals surface area contributed by atoms with Gasteiger partial charge in [0.05, 0.1) is 19.2 Å². The van der Waals surface area contributed by atoms with E-state index in [-0.39, 0.29) is 30.3 Å². The molecule has 0 aromatic carbocycles. The van der Waals surface area contributed by atoms with Crippen molar-refractivity contribution in [1.29, 1.82) is 0 Å². The molecule has 2 atom stereocenters. The van der Waals surface area contributed by atoms with Gasteiger partial charge in [-0.25, -0.2) is 0 Å². The molecule has 25 heavy (non-hydrogen) atoms. The summed E-state index contributed by atoms with van der Waals surface area (Å²) in [6.07, 6.45) is 4.20. The van der Waals surface area contributed by atoms with Gasteiger partial charge in [-0.05, 0) is 51.6 Å². The lowest BCUT2D eigenvalue weighted by Gasteiger charge is -2.32. The van der Waals surface area contributed by atoms with E-state index in [0.29, 0.717) is 38.8 Å². The van der Waals surface area contributed by atoms with E-state index < -0.39 is 0 Å². The molecule has 0 aromatic rings. The van der Waals surface area contributed by atoms with Crippen LogP contribution in [0.3, 0.4) is 0 Å². The first-order valence-corrected chi connectivity index (χ1v) is 9.27. The normalized spacial score (nSPS) is 23.7. The maximum atomic E-state index is 12.1. The van der Waals surface area contributed by atoms with Crippen LogP contribution >= 0.6 is 12.4 Å². The number of hydrogen-bond donors (Lipinski definition) is 3. The maximum Gasteiger partial charge on any atom is 0.237 e. The second-order valence-corrected chi connectivity index (χ2v) is 6.68. The lowest BCUT2D eigenvalue weighted by molar-refractivity contribution is -0.124. The number of hydrogen-bond acceptors (Lipinski definition) is 5. The first-order valence-electron chi connectivity index (χ1n) is 9.27. The molecule has 146 valence electrons. The minimum Gasteiger partial charge on any atom is -0.380 e. The van der Waals surface area contributed by atoms with Gasteiger partial charge in [0.15, 0.2) is 0 Å². The smallest absolute Gasteiger partial charge is 0.237 e. The van der Waals surface area contributed by atoms with Crippen molar-refractivity contribution in [3.05, 3.63) is 0 Å². The highest BCUT2D eigenvalue weighted by Crippen LogP contribution is 2.15. The third kappa shape index (κ3) is 8.35. The van der Waals surface area contributed by atoms with Crippen LogP contribution in [0, 0.1) is 5.92 Å². The second-order valence-electron chi connectivity index (χ2n) is 6.68.